The highest BCUT2D eigenvalue weighted by atomic mass is 35.5. The molecule has 0 aliphatic heterocycles. The van der Waals surface area contributed by atoms with Gasteiger partial charge in [0.25, 0.3) is 5.56 Å². The molecule has 0 amide bonds. The van der Waals surface area contributed by atoms with Crippen LogP contribution >= 0.6 is 11.6 Å². The predicted molar refractivity (Wildman–Crippen MR) is 108 cm³/mol. The topological polar surface area (TPSA) is 72.7 Å². The maximum Gasteiger partial charge on any atom is 0.332 e. The second kappa shape index (κ2) is 9.19. The molecule has 1 N–H and O–H groups in total. The summed E-state index contributed by atoms with van der Waals surface area (Å²) in [5, 5.41) is 0.102. The van der Waals surface area contributed by atoms with E-state index in [1.54, 1.807) is 12.1 Å². The summed E-state index contributed by atoms with van der Waals surface area (Å²) in [7, 11) is 0. The lowest BCUT2D eigenvalue weighted by molar-refractivity contribution is 0.518. The van der Waals surface area contributed by atoms with Crippen LogP contribution in [0.1, 0.15) is 44.6 Å². The van der Waals surface area contributed by atoms with Gasteiger partial charge in [0.1, 0.15) is 5.82 Å². The smallest absolute Gasteiger partial charge is 0.323 e. The fourth-order valence-electron chi connectivity index (χ4n) is 3.31. The lowest BCUT2D eigenvalue weighted by Gasteiger charge is -2.11. The Balaban J connectivity index is 1.78. The minimum Gasteiger partial charge on any atom is -0.323 e. The minimum absolute atomic E-state index is 0.102. The van der Waals surface area contributed by atoms with Gasteiger partial charge in [-0.2, -0.15) is 4.98 Å². The van der Waals surface area contributed by atoms with Crippen LogP contribution in [0.15, 0.2) is 33.9 Å². The van der Waals surface area contributed by atoms with E-state index >= 15 is 0 Å². The van der Waals surface area contributed by atoms with Gasteiger partial charge in [0.15, 0.2) is 11.2 Å². The molecule has 8 heteroatoms. The van der Waals surface area contributed by atoms with Crippen LogP contribution in [0, 0.1) is 5.82 Å². The van der Waals surface area contributed by atoms with Crippen molar-refractivity contribution in [3.05, 3.63) is 61.8 Å². The molecule has 150 valence electrons. The fraction of sp³-hybridized carbons (Fsp3) is 0.450. The first kappa shape index (κ1) is 20.3. The summed E-state index contributed by atoms with van der Waals surface area (Å²) < 4.78 is 15.8. The van der Waals surface area contributed by atoms with E-state index in [9.17, 15) is 14.0 Å². The molecule has 0 fully saturated rings. The number of aryl methyl sites for hydroxylation is 2. The Morgan fingerprint density at radius 3 is 2.43 bits per heavy atom. The zero-order chi connectivity index (χ0) is 20.1. The van der Waals surface area contributed by atoms with Crippen LogP contribution in [-0.2, 0) is 19.5 Å². The van der Waals surface area contributed by atoms with E-state index in [4.69, 9.17) is 11.6 Å². The van der Waals surface area contributed by atoms with Gasteiger partial charge in [0.2, 0.25) is 5.28 Å². The number of fused-ring (bicyclic) bond motifs is 1. The van der Waals surface area contributed by atoms with Crippen LogP contribution in [-0.4, -0.2) is 19.1 Å². The standard InChI is InChI=1S/C20H24ClFN4O2/c1-2-3-5-12-25-17-16(23-19(21)24-17)18(27)26(20(25)28)13-6-4-7-14-8-10-15(22)11-9-14/h8-11H,2-7,12-13H2,1H3,(H,23,24). The van der Waals surface area contributed by atoms with Crippen LogP contribution in [0.4, 0.5) is 4.39 Å². The fourth-order valence-corrected chi connectivity index (χ4v) is 3.48. The maximum absolute atomic E-state index is 13.0. The number of unbranched alkanes of at least 4 members (excludes halogenated alkanes) is 3. The van der Waals surface area contributed by atoms with Crippen molar-refractivity contribution in [1.29, 1.82) is 0 Å². The number of halogens is 2. The highest BCUT2D eigenvalue weighted by molar-refractivity contribution is 6.28. The third-order valence-corrected chi connectivity index (χ3v) is 5.01. The van der Waals surface area contributed by atoms with Crippen molar-refractivity contribution in [2.24, 2.45) is 0 Å². The van der Waals surface area contributed by atoms with Gasteiger partial charge in [-0.05, 0) is 55.0 Å². The monoisotopic (exact) mass is 406 g/mol. The number of nitrogens with one attached hydrogen (secondary N) is 1. The Hall–Kier alpha value is -2.41. The van der Waals surface area contributed by atoms with Crippen molar-refractivity contribution in [3.8, 4) is 0 Å². The number of aromatic nitrogens is 4. The summed E-state index contributed by atoms with van der Waals surface area (Å²) in [5.74, 6) is -0.259. The van der Waals surface area contributed by atoms with Crippen molar-refractivity contribution >= 4 is 22.8 Å². The van der Waals surface area contributed by atoms with Crippen LogP contribution in [0.5, 0.6) is 0 Å². The number of benzene rings is 1. The molecule has 3 rings (SSSR count). The summed E-state index contributed by atoms with van der Waals surface area (Å²) in [6, 6.07) is 6.37. The zero-order valence-corrected chi connectivity index (χ0v) is 16.6. The van der Waals surface area contributed by atoms with Gasteiger partial charge in [0, 0.05) is 13.1 Å². The highest BCUT2D eigenvalue weighted by Gasteiger charge is 2.16. The van der Waals surface area contributed by atoms with Crippen molar-refractivity contribution in [2.75, 3.05) is 0 Å². The number of imidazole rings is 1. The van der Waals surface area contributed by atoms with E-state index in [1.165, 1.54) is 21.3 Å². The molecule has 0 atom stereocenters. The molecule has 0 aliphatic carbocycles. The third-order valence-electron chi connectivity index (χ3n) is 4.83. The van der Waals surface area contributed by atoms with Crippen molar-refractivity contribution in [2.45, 2.75) is 58.5 Å². The summed E-state index contributed by atoms with van der Waals surface area (Å²) >= 11 is 5.94. The van der Waals surface area contributed by atoms with E-state index in [0.717, 1.165) is 37.7 Å². The molecule has 1 aromatic carbocycles. The van der Waals surface area contributed by atoms with E-state index in [-0.39, 0.29) is 22.3 Å². The second-order valence-corrected chi connectivity index (χ2v) is 7.27. The average molecular weight is 407 g/mol. The quantitative estimate of drug-likeness (QED) is 0.432. The van der Waals surface area contributed by atoms with Gasteiger partial charge in [-0.3, -0.25) is 13.9 Å². The summed E-state index contributed by atoms with van der Waals surface area (Å²) in [6.07, 6.45) is 5.06. The van der Waals surface area contributed by atoms with Crippen LogP contribution in [0.3, 0.4) is 0 Å². The summed E-state index contributed by atoms with van der Waals surface area (Å²) in [5.41, 5.74) is 0.867. The molecule has 0 aliphatic rings. The number of H-pyrrole nitrogens is 1. The highest BCUT2D eigenvalue weighted by Crippen LogP contribution is 2.11. The van der Waals surface area contributed by atoms with Gasteiger partial charge < -0.3 is 4.98 Å². The van der Waals surface area contributed by atoms with Gasteiger partial charge >= 0.3 is 5.69 Å². The predicted octanol–water partition coefficient (Wildman–Crippen LogP) is 3.89. The molecular weight excluding hydrogens is 383 g/mol. The molecule has 0 saturated heterocycles. The number of nitrogens with zero attached hydrogens (tertiary/aromatic N) is 3. The summed E-state index contributed by atoms with van der Waals surface area (Å²) in [4.78, 5) is 32.5. The first-order valence-corrected chi connectivity index (χ1v) is 10.0. The second-order valence-electron chi connectivity index (χ2n) is 6.91. The molecular formula is C20H24ClFN4O2. The molecule has 3 aromatic rings. The number of rotatable bonds is 9. The van der Waals surface area contributed by atoms with Crippen molar-refractivity contribution in [3.63, 3.8) is 0 Å². The van der Waals surface area contributed by atoms with Crippen LogP contribution in [0.2, 0.25) is 5.28 Å². The van der Waals surface area contributed by atoms with Crippen LogP contribution < -0.4 is 11.2 Å². The molecule has 0 saturated carbocycles. The van der Waals surface area contributed by atoms with Crippen LogP contribution in [0.25, 0.3) is 11.2 Å². The first-order chi connectivity index (χ1) is 13.5. The Morgan fingerprint density at radius 1 is 1.04 bits per heavy atom. The zero-order valence-electron chi connectivity index (χ0n) is 15.9. The Bertz CT molecular complexity index is 1050. The Morgan fingerprint density at radius 2 is 1.71 bits per heavy atom. The lowest BCUT2D eigenvalue weighted by atomic mass is 10.1. The summed E-state index contributed by atoms with van der Waals surface area (Å²) in [6.45, 7) is 2.91. The Kier molecular flexibility index (Phi) is 6.67. The molecule has 6 nitrogen and oxygen atoms in total. The number of hydrogen-bond acceptors (Lipinski definition) is 3. The van der Waals surface area contributed by atoms with Crippen molar-refractivity contribution < 1.29 is 4.39 Å². The largest absolute Gasteiger partial charge is 0.332 e. The molecule has 0 spiro atoms. The molecule has 2 heterocycles. The van der Waals surface area contributed by atoms with Gasteiger partial charge in [-0.25, -0.2) is 9.18 Å². The number of hydrogen-bond donors (Lipinski definition) is 1. The SMILES string of the molecule is CCCCCn1c(=O)n(CCCCc2ccc(F)cc2)c(=O)c2[nH]c(Cl)nc21. The molecule has 0 radical (unpaired) electrons. The normalized spacial score (nSPS) is 11.4. The first-order valence-electron chi connectivity index (χ1n) is 9.64. The third kappa shape index (κ3) is 4.52. The lowest BCUT2D eigenvalue weighted by Crippen LogP contribution is -2.40. The Labute approximate surface area is 167 Å². The van der Waals surface area contributed by atoms with Gasteiger partial charge in [-0.15, -0.1) is 0 Å². The maximum atomic E-state index is 13.0. The molecule has 28 heavy (non-hydrogen) atoms. The minimum atomic E-state index is -0.395. The van der Waals surface area contributed by atoms with E-state index < -0.39 is 5.56 Å². The molecule has 0 bridgehead atoms. The van der Waals surface area contributed by atoms with E-state index in [2.05, 4.69) is 16.9 Å². The number of aromatic amines is 1. The van der Waals surface area contributed by atoms with Crippen molar-refractivity contribution in [1.82, 2.24) is 19.1 Å². The van der Waals surface area contributed by atoms with E-state index in [0.29, 0.717) is 25.2 Å². The average Bonchev–Trinajstić information content (AvgIpc) is 3.07. The van der Waals surface area contributed by atoms with Gasteiger partial charge in [-0.1, -0.05) is 31.9 Å². The van der Waals surface area contributed by atoms with E-state index in [1.807, 2.05) is 0 Å². The van der Waals surface area contributed by atoms with Gasteiger partial charge in [0.05, 0.1) is 0 Å². The molecule has 2 aromatic heterocycles. The molecule has 0 unspecified atom stereocenters.